The molecule has 0 aliphatic carbocycles. The van der Waals surface area contributed by atoms with E-state index in [0.717, 1.165) is 23.2 Å². The molecule has 94 valence electrons. The molecule has 0 unspecified atom stereocenters. The Balaban J connectivity index is 1.93. The molecule has 2 rings (SSSR count). The highest BCUT2D eigenvalue weighted by Crippen LogP contribution is 2.24. The number of benzene rings is 1. The van der Waals surface area contributed by atoms with Crippen molar-refractivity contribution in [1.29, 1.82) is 0 Å². The summed E-state index contributed by atoms with van der Waals surface area (Å²) in [5, 5.41) is 0.718. The molecular formula is C14H21ClN2. The molecule has 0 bridgehead atoms. The second-order valence-electron chi connectivity index (χ2n) is 4.97. The van der Waals surface area contributed by atoms with Gasteiger partial charge in [-0.15, -0.1) is 0 Å². The van der Waals surface area contributed by atoms with E-state index in [0.29, 0.717) is 0 Å². The lowest BCUT2D eigenvalue weighted by Crippen LogP contribution is -2.33. The van der Waals surface area contributed by atoms with Crippen LogP contribution in [0.25, 0.3) is 0 Å². The van der Waals surface area contributed by atoms with Gasteiger partial charge in [-0.2, -0.15) is 0 Å². The van der Waals surface area contributed by atoms with Crippen LogP contribution < -0.4 is 5.73 Å². The highest BCUT2D eigenvalue weighted by Gasteiger charge is 2.18. The maximum atomic E-state index is 5.98. The van der Waals surface area contributed by atoms with Gasteiger partial charge in [0.25, 0.3) is 0 Å². The number of nitrogens with zero attached hydrogens (tertiary/aromatic N) is 1. The van der Waals surface area contributed by atoms with E-state index >= 15 is 0 Å². The number of anilines is 1. The van der Waals surface area contributed by atoms with Gasteiger partial charge in [0.1, 0.15) is 0 Å². The summed E-state index contributed by atoms with van der Waals surface area (Å²) in [5.41, 5.74) is 7.99. The molecule has 0 amide bonds. The number of likely N-dealkylation sites (tertiary alicyclic amines) is 1. The molecule has 1 aromatic rings. The summed E-state index contributed by atoms with van der Waals surface area (Å²) in [6, 6.07) is 5.81. The average molecular weight is 253 g/mol. The Morgan fingerprint density at radius 3 is 2.65 bits per heavy atom. The quantitative estimate of drug-likeness (QED) is 0.834. The lowest BCUT2D eigenvalue weighted by atomic mass is 9.94. The van der Waals surface area contributed by atoms with Crippen LogP contribution in [0.15, 0.2) is 18.2 Å². The Hall–Kier alpha value is -0.730. The van der Waals surface area contributed by atoms with Gasteiger partial charge >= 0.3 is 0 Å². The van der Waals surface area contributed by atoms with Gasteiger partial charge in [-0.1, -0.05) is 31.0 Å². The second-order valence-corrected chi connectivity index (χ2v) is 5.41. The average Bonchev–Trinajstić information content (AvgIpc) is 2.34. The molecule has 0 atom stereocenters. The molecule has 0 aromatic heterocycles. The van der Waals surface area contributed by atoms with Crippen molar-refractivity contribution < 1.29 is 0 Å². The van der Waals surface area contributed by atoms with Crippen molar-refractivity contribution in [2.45, 2.75) is 32.7 Å². The molecule has 1 heterocycles. The van der Waals surface area contributed by atoms with Crippen LogP contribution in [0.1, 0.15) is 31.7 Å². The molecule has 17 heavy (non-hydrogen) atoms. The topological polar surface area (TPSA) is 29.3 Å². The van der Waals surface area contributed by atoms with Crippen LogP contribution in [-0.2, 0) is 6.54 Å². The summed E-state index contributed by atoms with van der Waals surface area (Å²) in [6.45, 7) is 5.64. The van der Waals surface area contributed by atoms with Gasteiger partial charge in [0.15, 0.2) is 0 Å². The van der Waals surface area contributed by atoms with E-state index in [1.807, 2.05) is 18.2 Å². The SMILES string of the molecule is CCC1CCN(Cc2ccc(Cl)cc2N)CC1. The third-order valence-electron chi connectivity index (χ3n) is 3.79. The first-order chi connectivity index (χ1) is 8.19. The van der Waals surface area contributed by atoms with Crippen LogP contribution in [0.2, 0.25) is 5.02 Å². The predicted molar refractivity (Wildman–Crippen MR) is 74.2 cm³/mol. The summed E-state index contributed by atoms with van der Waals surface area (Å²) < 4.78 is 0. The van der Waals surface area contributed by atoms with E-state index in [-0.39, 0.29) is 0 Å². The van der Waals surface area contributed by atoms with E-state index in [1.165, 1.54) is 37.9 Å². The van der Waals surface area contributed by atoms with Crippen LogP contribution in [0.4, 0.5) is 5.69 Å². The van der Waals surface area contributed by atoms with Crippen molar-refractivity contribution in [3.8, 4) is 0 Å². The molecule has 1 fully saturated rings. The number of hydrogen-bond acceptors (Lipinski definition) is 2. The van der Waals surface area contributed by atoms with Crippen LogP contribution in [-0.4, -0.2) is 18.0 Å². The van der Waals surface area contributed by atoms with Gasteiger partial charge in [-0.05, 0) is 49.5 Å². The zero-order valence-corrected chi connectivity index (χ0v) is 11.2. The zero-order valence-electron chi connectivity index (χ0n) is 10.5. The summed E-state index contributed by atoms with van der Waals surface area (Å²) in [4.78, 5) is 2.49. The van der Waals surface area contributed by atoms with Crippen molar-refractivity contribution in [2.24, 2.45) is 5.92 Å². The first-order valence-electron chi connectivity index (χ1n) is 6.45. The Morgan fingerprint density at radius 1 is 1.35 bits per heavy atom. The minimum atomic E-state index is 0.718. The molecule has 1 aliphatic heterocycles. The largest absolute Gasteiger partial charge is 0.398 e. The third-order valence-corrected chi connectivity index (χ3v) is 4.02. The van der Waals surface area contributed by atoms with E-state index in [2.05, 4.69) is 11.8 Å². The number of hydrogen-bond donors (Lipinski definition) is 1. The van der Waals surface area contributed by atoms with Crippen LogP contribution in [0, 0.1) is 5.92 Å². The molecule has 0 spiro atoms. The van der Waals surface area contributed by atoms with Crippen LogP contribution in [0.3, 0.4) is 0 Å². The number of nitrogens with two attached hydrogens (primary N) is 1. The maximum Gasteiger partial charge on any atom is 0.0426 e. The predicted octanol–water partition coefficient (Wildman–Crippen LogP) is 3.54. The number of nitrogen functional groups attached to an aromatic ring is 1. The first kappa shape index (κ1) is 12.7. The highest BCUT2D eigenvalue weighted by molar-refractivity contribution is 6.30. The molecule has 0 saturated carbocycles. The monoisotopic (exact) mass is 252 g/mol. The lowest BCUT2D eigenvalue weighted by Gasteiger charge is -2.31. The van der Waals surface area contributed by atoms with Gasteiger partial charge in [0.2, 0.25) is 0 Å². The molecule has 1 saturated heterocycles. The molecule has 3 heteroatoms. The standard InChI is InChI=1S/C14H21ClN2/c1-2-11-5-7-17(8-6-11)10-12-3-4-13(15)9-14(12)16/h3-4,9,11H,2,5-8,10,16H2,1H3. The fourth-order valence-corrected chi connectivity index (χ4v) is 2.68. The molecule has 1 aliphatic rings. The van der Waals surface area contributed by atoms with E-state index < -0.39 is 0 Å². The molecule has 2 N–H and O–H groups in total. The highest BCUT2D eigenvalue weighted by atomic mass is 35.5. The third kappa shape index (κ3) is 3.36. The Labute approximate surface area is 109 Å². The van der Waals surface area contributed by atoms with Crippen molar-refractivity contribution in [3.05, 3.63) is 28.8 Å². The lowest BCUT2D eigenvalue weighted by molar-refractivity contribution is 0.175. The van der Waals surface area contributed by atoms with Crippen LogP contribution >= 0.6 is 11.6 Å². The van der Waals surface area contributed by atoms with E-state index in [9.17, 15) is 0 Å². The summed E-state index contributed by atoms with van der Waals surface area (Å²) in [6.07, 6.45) is 3.96. The minimum Gasteiger partial charge on any atom is -0.398 e. The van der Waals surface area contributed by atoms with Crippen molar-refractivity contribution in [1.82, 2.24) is 4.90 Å². The van der Waals surface area contributed by atoms with E-state index in [1.54, 1.807) is 0 Å². The summed E-state index contributed by atoms with van der Waals surface area (Å²) in [5.74, 6) is 0.925. The smallest absolute Gasteiger partial charge is 0.0426 e. The summed E-state index contributed by atoms with van der Waals surface area (Å²) in [7, 11) is 0. The van der Waals surface area contributed by atoms with Gasteiger partial charge in [0, 0.05) is 17.3 Å². The Bertz CT molecular complexity index is 370. The van der Waals surface area contributed by atoms with Gasteiger partial charge < -0.3 is 5.73 Å². The number of halogens is 1. The Morgan fingerprint density at radius 2 is 2.06 bits per heavy atom. The van der Waals surface area contributed by atoms with Gasteiger partial charge in [-0.25, -0.2) is 0 Å². The van der Waals surface area contributed by atoms with Crippen molar-refractivity contribution >= 4 is 17.3 Å². The van der Waals surface area contributed by atoms with Crippen molar-refractivity contribution in [3.63, 3.8) is 0 Å². The van der Waals surface area contributed by atoms with Crippen LogP contribution in [0.5, 0.6) is 0 Å². The van der Waals surface area contributed by atoms with Crippen molar-refractivity contribution in [2.75, 3.05) is 18.8 Å². The number of piperidine rings is 1. The maximum absolute atomic E-state index is 5.98. The fourth-order valence-electron chi connectivity index (χ4n) is 2.50. The first-order valence-corrected chi connectivity index (χ1v) is 6.83. The van der Waals surface area contributed by atoms with E-state index in [4.69, 9.17) is 17.3 Å². The zero-order chi connectivity index (χ0) is 12.3. The fraction of sp³-hybridized carbons (Fsp3) is 0.571. The number of rotatable bonds is 3. The molecule has 1 aromatic carbocycles. The summed E-state index contributed by atoms with van der Waals surface area (Å²) >= 11 is 5.90. The van der Waals surface area contributed by atoms with Gasteiger partial charge in [0.05, 0.1) is 0 Å². The Kier molecular flexibility index (Phi) is 4.30. The molecule has 0 radical (unpaired) electrons. The molecule has 2 nitrogen and oxygen atoms in total. The second kappa shape index (κ2) is 5.74. The minimum absolute atomic E-state index is 0.718. The molecular weight excluding hydrogens is 232 g/mol. The van der Waals surface area contributed by atoms with Gasteiger partial charge in [-0.3, -0.25) is 4.90 Å². The normalized spacial score (nSPS) is 18.5.